The SMILES string of the molecule is Cc1cc(C[C@@H](C)NC(=O)Nc2cccc(-n3ccnn3)c2)n[nH]1. The molecule has 0 radical (unpaired) electrons. The number of hydrogen-bond donors (Lipinski definition) is 3. The molecule has 3 rings (SSSR count). The second kappa shape index (κ2) is 6.95. The molecule has 0 spiro atoms. The van der Waals surface area contributed by atoms with Crippen molar-refractivity contribution in [1.82, 2.24) is 30.5 Å². The van der Waals surface area contributed by atoms with Gasteiger partial charge in [0.2, 0.25) is 0 Å². The van der Waals surface area contributed by atoms with Crippen molar-refractivity contribution in [2.75, 3.05) is 5.32 Å². The molecular formula is C16H19N7O. The average Bonchev–Trinajstić information content (AvgIpc) is 3.19. The lowest BCUT2D eigenvalue weighted by Crippen LogP contribution is -2.37. The zero-order chi connectivity index (χ0) is 16.9. The molecular weight excluding hydrogens is 306 g/mol. The molecule has 0 aliphatic heterocycles. The third-order valence-corrected chi connectivity index (χ3v) is 3.44. The van der Waals surface area contributed by atoms with Crippen molar-refractivity contribution in [3.63, 3.8) is 0 Å². The molecule has 2 amide bonds. The van der Waals surface area contributed by atoms with Crippen LogP contribution in [0.15, 0.2) is 42.7 Å². The second-order valence-electron chi connectivity index (χ2n) is 5.64. The van der Waals surface area contributed by atoms with E-state index >= 15 is 0 Å². The predicted octanol–water partition coefficient (Wildman–Crippen LogP) is 2.05. The van der Waals surface area contributed by atoms with Crippen molar-refractivity contribution in [3.8, 4) is 5.69 Å². The molecule has 1 atom stereocenters. The van der Waals surface area contributed by atoms with Gasteiger partial charge in [-0.3, -0.25) is 5.10 Å². The third kappa shape index (κ3) is 3.97. The van der Waals surface area contributed by atoms with Crippen molar-refractivity contribution < 1.29 is 4.79 Å². The number of nitrogens with one attached hydrogen (secondary N) is 3. The minimum atomic E-state index is -0.259. The van der Waals surface area contributed by atoms with Crippen LogP contribution >= 0.6 is 0 Å². The lowest BCUT2D eigenvalue weighted by molar-refractivity contribution is 0.249. The van der Waals surface area contributed by atoms with E-state index in [2.05, 4.69) is 31.1 Å². The Labute approximate surface area is 139 Å². The van der Waals surface area contributed by atoms with E-state index in [0.29, 0.717) is 12.1 Å². The Balaban J connectivity index is 1.57. The van der Waals surface area contributed by atoms with Crippen LogP contribution in [0.25, 0.3) is 5.69 Å². The molecule has 3 aromatic rings. The van der Waals surface area contributed by atoms with E-state index in [-0.39, 0.29) is 12.1 Å². The Hall–Kier alpha value is -3.16. The summed E-state index contributed by atoms with van der Waals surface area (Å²) in [4.78, 5) is 12.1. The van der Waals surface area contributed by atoms with E-state index in [1.165, 1.54) is 0 Å². The molecule has 0 fully saturated rings. The summed E-state index contributed by atoms with van der Waals surface area (Å²) in [6.07, 6.45) is 4.01. The maximum atomic E-state index is 12.1. The smallest absolute Gasteiger partial charge is 0.319 e. The first kappa shape index (κ1) is 15.7. The van der Waals surface area contributed by atoms with Gasteiger partial charge in [0.05, 0.1) is 23.8 Å². The van der Waals surface area contributed by atoms with E-state index in [1.807, 2.05) is 44.2 Å². The number of amides is 2. The number of urea groups is 1. The van der Waals surface area contributed by atoms with Crippen LogP contribution in [0.4, 0.5) is 10.5 Å². The summed E-state index contributed by atoms with van der Waals surface area (Å²) >= 11 is 0. The van der Waals surface area contributed by atoms with Crippen molar-refractivity contribution >= 4 is 11.7 Å². The number of aromatic amines is 1. The molecule has 124 valence electrons. The van der Waals surface area contributed by atoms with Gasteiger partial charge in [-0.25, -0.2) is 9.48 Å². The Bertz CT molecular complexity index is 809. The molecule has 2 aromatic heterocycles. The summed E-state index contributed by atoms with van der Waals surface area (Å²) in [6.45, 7) is 3.89. The maximum Gasteiger partial charge on any atom is 0.319 e. The van der Waals surface area contributed by atoms with Crippen LogP contribution in [0.1, 0.15) is 18.3 Å². The lowest BCUT2D eigenvalue weighted by Gasteiger charge is -2.14. The molecule has 0 saturated carbocycles. The molecule has 8 nitrogen and oxygen atoms in total. The Morgan fingerprint density at radius 1 is 1.38 bits per heavy atom. The van der Waals surface area contributed by atoms with Gasteiger partial charge in [-0.15, -0.1) is 5.10 Å². The van der Waals surface area contributed by atoms with Crippen LogP contribution in [0.3, 0.4) is 0 Å². The molecule has 0 bridgehead atoms. The summed E-state index contributed by atoms with van der Waals surface area (Å²) in [6, 6.07) is 9.06. The van der Waals surface area contributed by atoms with Crippen LogP contribution < -0.4 is 10.6 Å². The van der Waals surface area contributed by atoms with Crippen molar-refractivity contribution in [1.29, 1.82) is 0 Å². The van der Waals surface area contributed by atoms with Gasteiger partial charge < -0.3 is 10.6 Å². The van der Waals surface area contributed by atoms with Crippen LogP contribution in [-0.2, 0) is 6.42 Å². The number of rotatable bonds is 5. The van der Waals surface area contributed by atoms with E-state index in [0.717, 1.165) is 17.1 Å². The van der Waals surface area contributed by atoms with Gasteiger partial charge in [0.25, 0.3) is 0 Å². The van der Waals surface area contributed by atoms with E-state index in [1.54, 1.807) is 17.1 Å². The monoisotopic (exact) mass is 325 g/mol. The third-order valence-electron chi connectivity index (χ3n) is 3.44. The first-order valence-corrected chi connectivity index (χ1v) is 7.65. The molecule has 2 heterocycles. The van der Waals surface area contributed by atoms with Gasteiger partial charge in [-0.05, 0) is 38.1 Å². The quantitative estimate of drug-likeness (QED) is 0.668. The minimum Gasteiger partial charge on any atom is -0.335 e. The number of hydrogen-bond acceptors (Lipinski definition) is 4. The Kier molecular flexibility index (Phi) is 4.55. The van der Waals surface area contributed by atoms with Gasteiger partial charge >= 0.3 is 6.03 Å². The molecule has 0 saturated heterocycles. The maximum absolute atomic E-state index is 12.1. The number of anilines is 1. The fourth-order valence-electron chi connectivity index (χ4n) is 2.41. The summed E-state index contributed by atoms with van der Waals surface area (Å²) < 4.78 is 1.63. The standard InChI is InChI=1S/C16H19N7O/c1-11(8-14-9-12(2)20-21-14)18-16(24)19-13-4-3-5-15(10-13)23-7-6-17-22-23/h3-7,9-11H,8H2,1-2H3,(H,20,21)(H2,18,19,24)/t11-/m1/s1. The first-order chi connectivity index (χ1) is 11.6. The number of aromatic nitrogens is 5. The highest BCUT2D eigenvalue weighted by Crippen LogP contribution is 2.13. The zero-order valence-electron chi connectivity index (χ0n) is 13.5. The largest absolute Gasteiger partial charge is 0.335 e. The van der Waals surface area contributed by atoms with Crippen molar-refractivity contribution in [3.05, 3.63) is 54.1 Å². The van der Waals surface area contributed by atoms with Crippen LogP contribution in [0, 0.1) is 6.92 Å². The molecule has 0 unspecified atom stereocenters. The van der Waals surface area contributed by atoms with Crippen LogP contribution in [0.5, 0.6) is 0 Å². The summed E-state index contributed by atoms with van der Waals surface area (Å²) in [5, 5.41) is 20.5. The fourth-order valence-corrected chi connectivity index (χ4v) is 2.41. The van der Waals surface area contributed by atoms with E-state index < -0.39 is 0 Å². The zero-order valence-corrected chi connectivity index (χ0v) is 13.5. The highest BCUT2D eigenvalue weighted by molar-refractivity contribution is 5.89. The van der Waals surface area contributed by atoms with Crippen molar-refractivity contribution in [2.45, 2.75) is 26.3 Å². The van der Waals surface area contributed by atoms with Gasteiger partial charge in [-0.2, -0.15) is 5.10 Å². The van der Waals surface area contributed by atoms with Gasteiger partial charge in [-0.1, -0.05) is 11.3 Å². The second-order valence-corrected chi connectivity index (χ2v) is 5.64. The van der Waals surface area contributed by atoms with Gasteiger partial charge in [0, 0.05) is 23.8 Å². The number of carbonyl (C=O) groups is 1. The highest BCUT2D eigenvalue weighted by Gasteiger charge is 2.10. The molecule has 0 aliphatic carbocycles. The van der Waals surface area contributed by atoms with Gasteiger partial charge in [0.15, 0.2) is 0 Å². The summed E-state index contributed by atoms with van der Waals surface area (Å²) in [5.41, 5.74) is 3.44. The molecule has 24 heavy (non-hydrogen) atoms. The van der Waals surface area contributed by atoms with E-state index in [4.69, 9.17) is 0 Å². The Morgan fingerprint density at radius 3 is 2.96 bits per heavy atom. The summed E-state index contributed by atoms with van der Waals surface area (Å²) in [7, 11) is 0. The van der Waals surface area contributed by atoms with Crippen LogP contribution in [0.2, 0.25) is 0 Å². The Morgan fingerprint density at radius 2 is 2.25 bits per heavy atom. The molecule has 1 aromatic carbocycles. The normalized spacial score (nSPS) is 11.9. The van der Waals surface area contributed by atoms with E-state index in [9.17, 15) is 4.79 Å². The van der Waals surface area contributed by atoms with Crippen LogP contribution in [-0.4, -0.2) is 37.3 Å². The topological polar surface area (TPSA) is 101 Å². The molecule has 0 aliphatic rings. The summed E-state index contributed by atoms with van der Waals surface area (Å²) in [5.74, 6) is 0. The predicted molar refractivity (Wildman–Crippen MR) is 90.0 cm³/mol. The number of aryl methyl sites for hydroxylation is 1. The average molecular weight is 325 g/mol. The number of nitrogens with zero attached hydrogens (tertiary/aromatic N) is 4. The number of H-pyrrole nitrogens is 1. The number of benzene rings is 1. The minimum absolute atomic E-state index is 0.0359. The lowest BCUT2D eigenvalue weighted by atomic mass is 10.2. The molecule has 3 N–H and O–H groups in total. The highest BCUT2D eigenvalue weighted by atomic mass is 16.2. The van der Waals surface area contributed by atoms with Crippen molar-refractivity contribution in [2.24, 2.45) is 0 Å². The first-order valence-electron chi connectivity index (χ1n) is 7.65. The number of carbonyl (C=O) groups excluding carboxylic acids is 1. The van der Waals surface area contributed by atoms with Gasteiger partial charge in [0.1, 0.15) is 0 Å². The fraction of sp³-hybridized carbons (Fsp3) is 0.250. The molecule has 8 heteroatoms.